The van der Waals surface area contributed by atoms with Crippen LogP contribution in [0.5, 0.6) is 0 Å². The van der Waals surface area contributed by atoms with E-state index in [0.717, 1.165) is 0 Å². The molecular weight excluding hydrogens is 315 g/mol. The summed E-state index contributed by atoms with van der Waals surface area (Å²) in [6.07, 6.45) is -6.91. The Morgan fingerprint density at radius 1 is 1.33 bits per heavy atom. The van der Waals surface area contributed by atoms with Gasteiger partial charge in [-0.15, -0.1) is 0 Å². The van der Waals surface area contributed by atoms with E-state index in [0.29, 0.717) is 7.11 Å². The molecule has 0 aliphatic carbocycles. The number of carbonyl (C=O) groups excluding carboxylic acids is 2. The van der Waals surface area contributed by atoms with Gasteiger partial charge in [0, 0.05) is 0 Å². The van der Waals surface area contributed by atoms with Crippen LogP contribution in [0.15, 0.2) is 24.3 Å². The fraction of sp³-hybridized carbons (Fsp3) is 0.333. The zero-order valence-corrected chi connectivity index (χ0v) is 11.5. The molecule has 0 saturated carbocycles. The second-order valence-electron chi connectivity index (χ2n) is 4.05. The van der Waals surface area contributed by atoms with Gasteiger partial charge in [0.05, 0.1) is 24.2 Å². The lowest BCUT2D eigenvalue weighted by Gasteiger charge is -2.26. The lowest BCUT2D eigenvalue weighted by Crippen LogP contribution is -2.54. The molecule has 0 radical (unpaired) electrons. The third-order valence-electron chi connectivity index (χ3n) is 2.56. The van der Waals surface area contributed by atoms with Gasteiger partial charge in [-0.25, -0.2) is 4.79 Å². The largest absolute Gasteiger partial charge is 0.467 e. The molecule has 0 unspecified atom stereocenters. The first kappa shape index (κ1) is 17.3. The number of alkyl halides is 3. The van der Waals surface area contributed by atoms with Gasteiger partial charge in [-0.1, -0.05) is 23.7 Å². The molecule has 1 amide bonds. The van der Waals surface area contributed by atoms with E-state index < -0.39 is 30.1 Å². The minimum absolute atomic E-state index is 0.0542. The molecule has 116 valence electrons. The molecule has 0 spiro atoms. The fourth-order valence-electron chi connectivity index (χ4n) is 1.45. The van der Waals surface area contributed by atoms with Gasteiger partial charge in [0.2, 0.25) is 5.91 Å². The van der Waals surface area contributed by atoms with Gasteiger partial charge in [0.15, 0.2) is 0 Å². The monoisotopic (exact) mass is 325 g/mol. The Bertz CT molecular complexity index is 550. The number of benzene rings is 1. The minimum atomic E-state index is -5.36. The first-order valence-corrected chi connectivity index (χ1v) is 5.91. The predicted octanol–water partition coefficient (Wildman–Crippen LogP) is 2.13. The van der Waals surface area contributed by atoms with Crippen LogP contribution in [-0.4, -0.2) is 35.9 Å². The standard InChI is InChI=1S/C12H11ClF3NO4/c1-21-10(19)11(20,12(14,15)16)6-9(18)17-8-5-3-2-4-7(8)13/h2-5,20H,6H2,1H3,(H,17,18)/t11-/m1/s1. The lowest BCUT2D eigenvalue weighted by atomic mass is 9.98. The number of anilines is 1. The van der Waals surface area contributed by atoms with Gasteiger partial charge in [-0.05, 0) is 12.1 Å². The maximum absolute atomic E-state index is 12.8. The predicted molar refractivity (Wildman–Crippen MR) is 67.7 cm³/mol. The van der Waals surface area contributed by atoms with Crippen molar-refractivity contribution >= 4 is 29.2 Å². The Morgan fingerprint density at radius 2 is 1.90 bits per heavy atom. The summed E-state index contributed by atoms with van der Waals surface area (Å²) in [6, 6.07) is 5.81. The van der Waals surface area contributed by atoms with Gasteiger partial charge in [0.1, 0.15) is 0 Å². The second kappa shape index (κ2) is 6.31. The van der Waals surface area contributed by atoms with E-state index in [1.807, 2.05) is 0 Å². The molecule has 0 heterocycles. The number of rotatable bonds is 4. The van der Waals surface area contributed by atoms with Crippen molar-refractivity contribution in [1.29, 1.82) is 0 Å². The summed E-state index contributed by atoms with van der Waals surface area (Å²) in [5.41, 5.74) is -3.87. The number of ether oxygens (including phenoxy) is 1. The van der Waals surface area contributed by atoms with Crippen LogP contribution in [0.4, 0.5) is 18.9 Å². The fourth-order valence-corrected chi connectivity index (χ4v) is 1.63. The quantitative estimate of drug-likeness (QED) is 0.832. The molecule has 0 aliphatic rings. The molecule has 0 aromatic heterocycles. The highest BCUT2D eigenvalue weighted by Crippen LogP contribution is 2.34. The van der Waals surface area contributed by atoms with Gasteiger partial charge in [-0.3, -0.25) is 4.79 Å². The Morgan fingerprint density at radius 3 is 2.38 bits per heavy atom. The molecular formula is C12H11ClF3NO4. The number of hydrogen-bond acceptors (Lipinski definition) is 4. The Labute approximate surface area is 122 Å². The molecule has 2 N–H and O–H groups in total. The van der Waals surface area contributed by atoms with Crippen LogP contribution in [0.25, 0.3) is 0 Å². The van der Waals surface area contributed by atoms with Crippen LogP contribution >= 0.6 is 11.6 Å². The van der Waals surface area contributed by atoms with E-state index in [1.165, 1.54) is 18.2 Å². The van der Waals surface area contributed by atoms with Crippen molar-refractivity contribution in [1.82, 2.24) is 0 Å². The summed E-state index contributed by atoms with van der Waals surface area (Å²) in [5.74, 6) is -3.21. The number of methoxy groups -OCH3 is 1. The maximum Gasteiger partial charge on any atom is 0.428 e. The number of nitrogens with one attached hydrogen (secondary N) is 1. The summed E-state index contributed by atoms with van der Waals surface area (Å²) in [7, 11) is 0.672. The molecule has 1 aromatic carbocycles. The van der Waals surface area contributed by atoms with E-state index in [4.69, 9.17) is 11.6 Å². The number of halogens is 4. The van der Waals surface area contributed by atoms with Crippen LogP contribution < -0.4 is 5.32 Å². The van der Waals surface area contributed by atoms with E-state index in [2.05, 4.69) is 10.1 Å². The van der Waals surface area contributed by atoms with E-state index in [1.54, 1.807) is 6.07 Å². The smallest absolute Gasteiger partial charge is 0.428 e. The first-order valence-electron chi connectivity index (χ1n) is 5.53. The van der Waals surface area contributed by atoms with E-state index >= 15 is 0 Å². The Hall–Kier alpha value is -1.80. The Kier molecular flexibility index (Phi) is 5.19. The molecule has 5 nitrogen and oxygen atoms in total. The molecule has 9 heteroatoms. The molecule has 1 aromatic rings. The zero-order valence-electron chi connectivity index (χ0n) is 10.7. The van der Waals surface area contributed by atoms with Crippen molar-refractivity contribution in [3.63, 3.8) is 0 Å². The number of amides is 1. The summed E-state index contributed by atoms with van der Waals surface area (Å²) in [6.45, 7) is 0. The average Bonchev–Trinajstić information content (AvgIpc) is 2.39. The molecule has 0 saturated heterocycles. The summed E-state index contributed by atoms with van der Waals surface area (Å²) in [5, 5.41) is 11.6. The summed E-state index contributed by atoms with van der Waals surface area (Å²) >= 11 is 5.73. The third-order valence-corrected chi connectivity index (χ3v) is 2.89. The topological polar surface area (TPSA) is 75.6 Å². The van der Waals surface area contributed by atoms with Crippen molar-refractivity contribution in [2.75, 3.05) is 12.4 Å². The lowest BCUT2D eigenvalue weighted by molar-refractivity contribution is -0.261. The number of aliphatic hydroxyl groups is 1. The van der Waals surface area contributed by atoms with Crippen molar-refractivity contribution in [2.24, 2.45) is 0 Å². The normalized spacial score (nSPS) is 14.2. The van der Waals surface area contributed by atoms with Gasteiger partial charge in [-0.2, -0.15) is 13.2 Å². The van der Waals surface area contributed by atoms with Crippen LogP contribution in [0.3, 0.4) is 0 Å². The number of hydrogen-bond donors (Lipinski definition) is 2. The van der Waals surface area contributed by atoms with Crippen molar-refractivity contribution in [3.8, 4) is 0 Å². The van der Waals surface area contributed by atoms with Crippen LogP contribution in [0.1, 0.15) is 6.42 Å². The molecule has 1 rings (SSSR count). The van der Waals surface area contributed by atoms with Crippen LogP contribution in [-0.2, 0) is 14.3 Å². The molecule has 1 atom stereocenters. The van der Waals surface area contributed by atoms with Gasteiger partial charge in [0.25, 0.3) is 5.60 Å². The van der Waals surface area contributed by atoms with Crippen molar-refractivity contribution in [3.05, 3.63) is 29.3 Å². The number of carbonyl (C=O) groups is 2. The Balaban J connectivity index is 2.93. The average molecular weight is 326 g/mol. The molecule has 0 fully saturated rings. The summed E-state index contributed by atoms with van der Waals surface area (Å²) in [4.78, 5) is 22.7. The van der Waals surface area contributed by atoms with Crippen molar-refractivity contribution < 1.29 is 32.6 Å². The SMILES string of the molecule is COC(=O)[C@](O)(CC(=O)Nc1ccccc1Cl)C(F)(F)F. The zero-order chi connectivity index (χ0) is 16.3. The van der Waals surface area contributed by atoms with E-state index in [9.17, 15) is 27.9 Å². The highest BCUT2D eigenvalue weighted by molar-refractivity contribution is 6.33. The summed E-state index contributed by atoms with van der Waals surface area (Å²) < 4.78 is 42.2. The molecule has 0 bridgehead atoms. The molecule has 21 heavy (non-hydrogen) atoms. The minimum Gasteiger partial charge on any atom is -0.467 e. The van der Waals surface area contributed by atoms with E-state index in [-0.39, 0.29) is 10.7 Å². The van der Waals surface area contributed by atoms with Gasteiger partial charge < -0.3 is 15.2 Å². The number of esters is 1. The highest BCUT2D eigenvalue weighted by Gasteiger charge is 2.61. The van der Waals surface area contributed by atoms with Gasteiger partial charge >= 0.3 is 12.1 Å². The highest BCUT2D eigenvalue weighted by atomic mass is 35.5. The van der Waals surface area contributed by atoms with Crippen LogP contribution in [0, 0.1) is 0 Å². The molecule has 0 aliphatic heterocycles. The number of para-hydroxylation sites is 1. The second-order valence-corrected chi connectivity index (χ2v) is 4.46. The third kappa shape index (κ3) is 3.85. The van der Waals surface area contributed by atoms with Crippen molar-refractivity contribution in [2.45, 2.75) is 18.2 Å². The van der Waals surface area contributed by atoms with Crippen LogP contribution in [0.2, 0.25) is 5.02 Å². The first-order chi connectivity index (χ1) is 9.61. The maximum atomic E-state index is 12.8.